The molecule has 1 fully saturated rings. The van der Waals surface area contributed by atoms with Crippen LogP contribution in [0.5, 0.6) is 0 Å². The summed E-state index contributed by atoms with van der Waals surface area (Å²) in [6.45, 7) is 2.12. The SMILES string of the molecule is C[C@@H](Nc1c(C(N)=O)nnc2cc(-c3ccccc3Cl)ccc12)C1CC1. The Bertz CT molecular complexity index is 1000. The van der Waals surface area contributed by atoms with Gasteiger partial charge in [-0.05, 0) is 49.4 Å². The second-order valence-corrected chi connectivity index (χ2v) is 7.18. The molecule has 0 radical (unpaired) electrons. The van der Waals surface area contributed by atoms with E-state index in [1.807, 2.05) is 42.5 Å². The molecule has 3 N–H and O–H groups in total. The summed E-state index contributed by atoms with van der Waals surface area (Å²) in [6.07, 6.45) is 2.40. The molecule has 1 atom stereocenters. The van der Waals surface area contributed by atoms with E-state index < -0.39 is 5.91 Å². The van der Waals surface area contributed by atoms with Crippen molar-refractivity contribution in [3.63, 3.8) is 0 Å². The van der Waals surface area contributed by atoms with Gasteiger partial charge in [-0.3, -0.25) is 4.79 Å². The summed E-state index contributed by atoms with van der Waals surface area (Å²) in [4.78, 5) is 11.8. The van der Waals surface area contributed by atoms with E-state index in [-0.39, 0.29) is 11.7 Å². The normalized spacial score (nSPS) is 15.0. The summed E-state index contributed by atoms with van der Waals surface area (Å²) in [5.74, 6) is 0.0430. The van der Waals surface area contributed by atoms with Crippen molar-refractivity contribution in [1.82, 2.24) is 10.2 Å². The van der Waals surface area contributed by atoms with E-state index in [2.05, 4.69) is 22.4 Å². The van der Waals surface area contributed by atoms with E-state index in [9.17, 15) is 4.79 Å². The van der Waals surface area contributed by atoms with Gasteiger partial charge in [0.05, 0.1) is 11.2 Å². The number of amides is 1. The topological polar surface area (TPSA) is 80.9 Å². The van der Waals surface area contributed by atoms with Gasteiger partial charge in [-0.1, -0.05) is 35.9 Å². The zero-order chi connectivity index (χ0) is 18.3. The Morgan fingerprint density at radius 2 is 2.00 bits per heavy atom. The Morgan fingerprint density at radius 3 is 2.69 bits per heavy atom. The quantitative estimate of drug-likeness (QED) is 0.707. The van der Waals surface area contributed by atoms with E-state index >= 15 is 0 Å². The number of rotatable bonds is 5. The van der Waals surface area contributed by atoms with Crippen LogP contribution >= 0.6 is 11.6 Å². The highest BCUT2D eigenvalue weighted by Gasteiger charge is 2.29. The standard InChI is InChI=1S/C20H19ClN4O/c1-11(12-6-7-12)23-18-15-9-8-13(14-4-2-3-5-16(14)21)10-17(15)24-25-19(18)20(22)26/h2-5,8-12H,6-7H2,1H3,(H2,22,26)(H,23,24)/t11-/m1/s1. The summed E-state index contributed by atoms with van der Waals surface area (Å²) in [6, 6.07) is 13.8. The maximum Gasteiger partial charge on any atom is 0.271 e. The molecular weight excluding hydrogens is 348 g/mol. The molecule has 6 heteroatoms. The number of aromatic nitrogens is 2. The number of fused-ring (bicyclic) bond motifs is 1. The van der Waals surface area contributed by atoms with Gasteiger partial charge < -0.3 is 11.1 Å². The third-order valence-electron chi connectivity index (χ3n) is 4.88. The zero-order valence-electron chi connectivity index (χ0n) is 14.4. The van der Waals surface area contributed by atoms with Gasteiger partial charge >= 0.3 is 0 Å². The number of carbonyl (C=O) groups is 1. The van der Waals surface area contributed by atoms with Crippen molar-refractivity contribution in [2.75, 3.05) is 5.32 Å². The number of hydrogen-bond donors (Lipinski definition) is 2. The molecule has 1 amide bonds. The Balaban J connectivity index is 1.83. The number of nitrogens with one attached hydrogen (secondary N) is 1. The minimum absolute atomic E-state index is 0.176. The Labute approximate surface area is 156 Å². The number of primary amides is 1. The third-order valence-corrected chi connectivity index (χ3v) is 5.21. The summed E-state index contributed by atoms with van der Waals surface area (Å²) in [5, 5.41) is 13.2. The highest BCUT2D eigenvalue weighted by Crippen LogP contribution is 2.36. The van der Waals surface area contributed by atoms with Gasteiger partial charge in [0, 0.05) is 22.0 Å². The third kappa shape index (κ3) is 3.10. The Hall–Kier alpha value is -2.66. The van der Waals surface area contributed by atoms with Crippen molar-refractivity contribution in [2.45, 2.75) is 25.8 Å². The fourth-order valence-corrected chi connectivity index (χ4v) is 3.48. The monoisotopic (exact) mass is 366 g/mol. The maximum absolute atomic E-state index is 11.8. The van der Waals surface area contributed by atoms with Crippen molar-refractivity contribution < 1.29 is 4.79 Å². The van der Waals surface area contributed by atoms with Crippen LogP contribution in [0, 0.1) is 5.92 Å². The fourth-order valence-electron chi connectivity index (χ4n) is 3.23. The molecule has 4 rings (SSSR count). The van der Waals surface area contributed by atoms with Crippen molar-refractivity contribution in [3.05, 3.63) is 53.2 Å². The zero-order valence-corrected chi connectivity index (χ0v) is 15.1. The molecule has 2 aromatic carbocycles. The van der Waals surface area contributed by atoms with Gasteiger partial charge in [-0.2, -0.15) is 0 Å². The van der Waals surface area contributed by atoms with Gasteiger partial charge in [0.2, 0.25) is 0 Å². The summed E-state index contributed by atoms with van der Waals surface area (Å²) in [5.41, 5.74) is 8.92. The van der Waals surface area contributed by atoms with E-state index in [0.717, 1.165) is 16.5 Å². The van der Waals surface area contributed by atoms with Crippen molar-refractivity contribution >= 4 is 34.1 Å². The predicted molar refractivity (Wildman–Crippen MR) is 104 cm³/mol. The lowest BCUT2D eigenvalue weighted by atomic mass is 10.0. The second-order valence-electron chi connectivity index (χ2n) is 6.77. The van der Waals surface area contributed by atoms with E-state index in [1.54, 1.807) is 0 Å². The second kappa shape index (κ2) is 6.57. The highest BCUT2D eigenvalue weighted by atomic mass is 35.5. The van der Waals surface area contributed by atoms with Gasteiger partial charge in [0.1, 0.15) is 0 Å². The smallest absolute Gasteiger partial charge is 0.271 e. The van der Waals surface area contributed by atoms with Crippen LogP contribution in [0.25, 0.3) is 22.0 Å². The molecule has 132 valence electrons. The molecule has 1 aliphatic carbocycles. The number of benzene rings is 2. The first kappa shape index (κ1) is 16.8. The predicted octanol–water partition coefficient (Wildman–Crippen LogP) is 4.26. The van der Waals surface area contributed by atoms with Crippen LogP contribution in [0.1, 0.15) is 30.3 Å². The van der Waals surface area contributed by atoms with Gasteiger partial charge in [0.25, 0.3) is 5.91 Å². The molecule has 0 saturated heterocycles. The molecule has 5 nitrogen and oxygen atoms in total. The Kier molecular flexibility index (Phi) is 4.24. The van der Waals surface area contributed by atoms with Crippen LogP contribution in [-0.2, 0) is 0 Å². The number of halogens is 1. The molecule has 0 spiro atoms. The number of hydrogen-bond acceptors (Lipinski definition) is 4. The molecule has 1 saturated carbocycles. The van der Waals surface area contributed by atoms with Crippen molar-refractivity contribution in [3.8, 4) is 11.1 Å². The van der Waals surface area contributed by atoms with Crippen molar-refractivity contribution in [2.24, 2.45) is 11.7 Å². The van der Waals surface area contributed by atoms with Gasteiger partial charge in [0.15, 0.2) is 5.69 Å². The van der Waals surface area contributed by atoms with E-state index in [4.69, 9.17) is 17.3 Å². The average molecular weight is 367 g/mol. The number of carbonyl (C=O) groups excluding carboxylic acids is 1. The molecule has 0 aliphatic heterocycles. The number of nitrogens with zero attached hydrogens (tertiary/aromatic N) is 2. The maximum atomic E-state index is 11.8. The largest absolute Gasteiger partial charge is 0.380 e. The molecule has 26 heavy (non-hydrogen) atoms. The minimum atomic E-state index is -0.583. The van der Waals surface area contributed by atoms with E-state index in [1.165, 1.54) is 12.8 Å². The molecular formula is C20H19ClN4O. The van der Waals surface area contributed by atoms with Crippen LogP contribution in [0.4, 0.5) is 5.69 Å². The van der Waals surface area contributed by atoms with Gasteiger partial charge in [-0.25, -0.2) is 0 Å². The first-order valence-electron chi connectivity index (χ1n) is 8.66. The summed E-state index contributed by atoms with van der Waals surface area (Å²) in [7, 11) is 0. The average Bonchev–Trinajstić information content (AvgIpc) is 3.47. The van der Waals surface area contributed by atoms with Crippen LogP contribution in [0.3, 0.4) is 0 Å². The molecule has 1 aliphatic rings. The number of nitrogens with two attached hydrogens (primary N) is 1. The molecule has 0 bridgehead atoms. The summed E-state index contributed by atoms with van der Waals surface area (Å²) >= 11 is 6.31. The Morgan fingerprint density at radius 1 is 1.23 bits per heavy atom. The molecule has 1 heterocycles. The lowest BCUT2D eigenvalue weighted by Gasteiger charge is -2.18. The van der Waals surface area contributed by atoms with Crippen LogP contribution in [-0.4, -0.2) is 22.1 Å². The molecule has 0 unspecified atom stereocenters. The van der Waals surface area contributed by atoms with Crippen LogP contribution in [0.15, 0.2) is 42.5 Å². The first-order chi connectivity index (χ1) is 12.5. The first-order valence-corrected chi connectivity index (χ1v) is 9.04. The number of anilines is 1. The van der Waals surface area contributed by atoms with Crippen molar-refractivity contribution in [1.29, 1.82) is 0 Å². The summed E-state index contributed by atoms with van der Waals surface area (Å²) < 4.78 is 0. The lowest BCUT2D eigenvalue weighted by molar-refractivity contribution is 0.0995. The lowest BCUT2D eigenvalue weighted by Crippen LogP contribution is -2.23. The minimum Gasteiger partial charge on any atom is -0.380 e. The van der Waals surface area contributed by atoms with E-state index in [0.29, 0.717) is 22.1 Å². The molecule has 1 aromatic heterocycles. The highest BCUT2D eigenvalue weighted by molar-refractivity contribution is 6.33. The molecule has 3 aromatic rings. The van der Waals surface area contributed by atoms with Crippen LogP contribution in [0.2, 0.25) is 5.02 Å². The fraction of sp³-hybridized carbons (Fsp3) is 0.250. The van der Waals surface area contributed by atoms with Crippen LogP contribution < -0.4 is 11.1 Å². The van der Waals surface area contributed by atoms with Gasteiger partial charge in [-0.15, -0.1) is 10.2 Å².